The summed E-state index contributed by atoms with van der Waals surface area (Å²) in [6.07, 6.45) is 1.19. The Hall–Kier alpha value is -3.37. The molecule has 9 nitrogen and oxygen atoms in total. The van der Waals surface area contributed by atoms with Crippen LogP contribution in [0.15, 0.2) is 22.7 Å². The van der Waals surface area contributed by atoms with Gasteiger partial charge in [0.2, 0.25) is 5.91 Å². The number of halogens is 1. The van der Waals surface area contributed by atoms with Crippen molar-refractivity contribution < 1.29 is 9.72 Å². The number of carbonyl (C=O) groups excluding carboxylic acids is 1. The van der Waals surface area contributed by atoms with Crippen molar-refractivity contribution >= 4 is 33.2 Å². The number of nitro groups is 1. The number of anilines is 1. The number of nitrogens with one attached hydrogen (secondary N) is 1. The van der Waals surface area contributed by atoms with E-state index in [4.69, 9.17) is 0 Å². The monoisotopic (exact) mass is 466 g/mol. The summed E-state index contributed by atoms with van der Waals surface area (Å²) in [5.41, 5.74) is -0.657. The van der Waals surface area contributed by atoms with Crippen LogP contribution in [0.4, 0.5) is 11.4 Å². The van der Waals surface area contributed by atoms with Gasteiger partial charge >= 0.3 is 0 Å². The molecule has 1 aromatic heterocycles. The normalized spacial score (nSPS) is 22.6. The average molecular weight is 467 g/mol. The second-order valence-electron chi connectivity index (χ2n) is 7.97. The van der Waals surface area contributed by atoms with E-state index in [0.717, 1.165) is 0 Å². The van der Waals surface area contributed by atoms with Crippen LogP contribution in [-0.2, 0) is 10.2 Å². The molecule has 4 rings (SSSR count). The number of amides is 1. The highest BCUT2D eigenvalue weighted by atomic mass is 79.9. The third-order valence-electron chi connectivity index (χ3n) is 6.44. The van der Waals surface area contributed by atoms with E-state index in [1.807, 2.05) is 26.0 Å². The largest absolute Gasteiger partial charge is 0.324 e. The molecular weight excluding hydrogens is 452 g/mol. The van der Waals surface area contributed by atoms with Crippen molar-refractivity contribution in [1.29, 1.82) is 10.5 Å². The number of nitriles is 2. The molecule has 1 fully saturated rings. The molecule has 2 aliphatic carbocycles. The minimum atomic E-state index is -1.07. The van der Waals surface area contributed by atoms with E-state index in [0.29, 0.717) is 28.7 Å². The number of hydrogen-bond acceptors (Lipinski definition) is 7. The first kappa shape index (κ1) is 19.9. The number of rotatable bonds is 3. The van der Waals surface area contributed by atoms with Crippen LogP contribution in [-0.4, -0.2) is 20.8 Å². The van der Waals surface area contributed by atoms with Gasteiger partial charge in [-0.05, 0) is 40.3 Å². The molecular formula is C20H15BrN6O3. The minimum Gasteiger partial charge on any atom is -0.324 e. The molecule has 1 heterocycles. The first-order valence-electron chi connectivity index (χ1n) is 9.15. The summed E-state index contributed by atoms with van der Waals surface area (Å²) in [6, 6.07) is 7.92. The van der Waals surface area contributed by atoms with Gasteiger partial charge in [0.15, 0.2) is 11.4 Å². The Kier molecular flexibility index (Phi) is 4.37. The first-order valence-corrected chi connectivity index (χ1v) is 9.94. The van der Waals surface area contributed by atoms with Crippen molar-refractivity contribution in [3.8, 4) is 12.1 Å². The summed E-state index contributed by atoms with van der Waals surface area (Å²) < 4.78 is 0.507. The molecule has 0 aliphatic heterocycles. The smallest absolute Gasteiger partial charge is 0.271 e. The topological polar surface area (TPSA) is 146 Å². The molecule has 2 aromatic rings. The fourth-order valence-corrected chi connectivity index (χ4v) is 5.22. The zero-order valence-corrected chi connectivity index (χ0v) is 17.6. The third kappa shape index (κ3) is 2.47. The highest BCUT2D eigenvalue weighted by molar-refractivity contribution is 9.10. The Labute approximate surface area is 180 Å². The van der Waals surface area contributed by atoms with Crippen LogP contribution in [0.5, 0.6) is 0 Å². The van der Waals surface area contributed by atoms with Crippen molar-refractivity contribution in [3.63, 3.8) is 0 Å². The molecule has 2 unspecified atom stereocenters. The Bertz CT molecular complexity index is 1210. The van der Waals surface area contributed by atoms with Crippen molar-refractivity contribution in [3.05, 3.63) is 55.6 Å². The molecule has 0 saturated heterocycles. The summed E-state index contributed by atoms with van der Waals surface area (Å²) in [7, 11) is 0. The molecule has 2 bridgehead atoms. The fraction of sp³-hybridized carbons (Fsp3) is 0.350. The van der Waals surface area contributed by atoms with Crippen LogP contribution in [0.1, 0.15) is 55.4 Å². The molecule has 1 N–H and O–H groups in total. The molecule has 0 radical (unpaired) electrons. The highest BCUT2D eigenvalue weighted by Gasteiger charge is 2.68. The van der Waals surface area contributed by atoms with E-state index >= 15 is 0 Å². The molecule has 0 spiro atoms. The van der Waals surface area contributed by atoms with E-state index in [9.17, 15) is 25.4 Å². The number of benzene rings is 1. The van der Waals surface area contributed by atoms with Crippen LogP contribution in [0.2, 0.25) is 0 Å². The molecule has 1 amide bonds. The Morgan fingerprint density at radius 2 is 1.97 bits per heavy atom. The lowest BCUT2D eigenvalue weighted by molar-refractivity contribution is -0.384. The predicted molar refractivity (Wildman–Crippen MR) is 108 cm³/mol. The molecule has 10 heteroatoms. The minimum absolute atomic E-state index is 0.0448. The summed E-state index contributed by atoms with van der Waals surface area (Å²) in [4.78, 5) is 33.0. The lowest BCUT2D eigenvalue weighted by Gasteiger charge is -2.36. The predicted octanol–water partition coefficient (Wildman–Crippen LogP) is 3.68. The van der Waals surface area contributed by atoms with Gasteiger partial charge < -0.3 is 5.32 Å². The van der Waals surface area contributed by atoms with E-state index in [-0.39, 0.29) is 34.6 Å². The average Bonchev–Trinajstić information content (AvgIpc) is 3.09. The second-order valence-corrected chi connectivity index (χ2v) is 8.83. The molecule has 2 aliphatic rings. The van der Waals surface area contributed by atoms with Gasteiger partial charge in [-0.25, -0.2) is 9.97 Å². The van der Waals surface area contributed by atoms with Crippen molar-refractivity contribution in [2.45, 2.75) is 38.0 Å². The number of non-ortho nitro benzene ring substituents is 1. The van der Waals surface area contributed by atoms with Crippen LogP contribution in [0, 0.1) is 38.2 Å². The second kappa shape index (κ2) is 6.57. The summed E-state index contributed by atoms with van der Waals surface area (Å²) in [5, 5.41) is 32.6. The van der Waals surface area contributed by atoms with Gasteiger partial charge in [0, 0.05) is 22.5 Å². The van der Waals surface area contributed by atoms with Crippen LogP contribution in [0.3, 0.4) is 0 Å². The third-order valence-corrected chi connectivity index (χ3v) is 7.14. The summed E-state index contributed by atoms with van der Waals surface area (Å²) >= 11 is 3.32. The van der Waals surface area contributed by atoms with Gasteiger partial charge in [0.05, 0.1) is 27.4 Å². The van der Waals surface area contributed by atoms with E-state index in [1.165, 1.54) is 18.2 Å². The SMILES string of the molecule is CC1(C)C2CCC1(C(=O)Nc1cc([N+](=O)[O-])ccc1Br)c1nc(C#N)c(C#N)nc12. The van der Waals surface area contributed by atoms with Gasteiger partial charge in [-0.2, -0.15) is 10.5 Å². The van der Waals surface area contributed by atoms with Gasteiger partial charge in [-0.1, -0.05) is 13.8 Å². The lowest BCUT2D eigenvalue weighted by Crippen LogP contribution is -2.47. The molecule has 1 aromatic carbocycles. The maximum absolute atomic E-state index is 13.6. The van der Waals surface area contributed by atoms with Crippen molar-refractivity contribution in [1.82, 2.24) is 9.97 Å². The van der Waals surface area contributed by atoms with E-state index in [1.54, 1.807) is 0 Å². The Morgan fingerprint density at radius 3 is 2.60 bits per heavy atom. The molecule has 1 saturated carbocycles. The quantitative estimate of drug-likeness (QED) is 0.535. The zero-order chi connectivity index (χ0) is 21.8. The number of nitro benzene ring substituents is 1. The number of aromatic nitrogens is 2. The Balaban J connectivity index is 1.84. The Morgan fingerprint density at radius 1 is 1.30 bits per heavy atom. The number of fused-ring (bicyclic) bond motifs is 5. The van der Waals surface area contributed by atoms with Crippen LogP contribution < -0.4 is 5.32 Å². The standard InChI is InChI=1S/C20H15BrN6O3/c1-19(2)11-5-6-20(19,17-16(11)24-14(8-22)15(9-23)25-17)18(28)26-13-7-10(27(29)30)3-4-12(13)21/h3-4,7,11H,5-6H2,1-2H3,(H,26,28). The zero-order valence-electron chi connectivity index (χ0n) is 16.1. The number of carbonyl (C=O) groups is 1. The van der Waals surface area contributed by atoms with Crippen LogP contribution >= 0.6 is 15.9 Å². The number of hydrogen-bond donors (Lipinski definition) is 1. The summed E-state index contributed by atoms with van der Waals surface area (Å²) in [6.45, 7) is 3.91. The molecule has 30 heavy (non-hydrogen) atoms. The highest BCUT2D eigenvalue weighted by Crippen LogP contribution is 2.67. The van der Waals surface area contributed by atoms with E-state index in [2.05, 4.69) is 31.2 Å². The van der Waals surface area contributed by atoms with Gasteiger partial charge in [-0.15, -0.1) is 0 Å². The van der Waals surface area contributed by atoms with Crippen molar-refractivity contribution in [2.24, 2.45) is 5.41 Å². The van der Waals surface area contributed by atoms with Crippen LogP contribution in [0.25, 0.3) is 0 Å². The fourth-order valence-electron chi connectivity index (χ4n) is 4.87. The van der Waals surface area contributed by atoms with E-state index < -0.39 is 15.8 Å². The van der Waals surface area contributed by atoms with Gasteiger partial charge in [0.25, 0.3) is 5.69 Å². The number of nitrogens with zero attached hydrogens (tertiary/aromatic N) is 5. The van der Waals surface area contributed by atoms with Gasteiger partial charge in [0.1, 0.15) is 12.1 Å². The molecule has 150 valence electrons. The molecule has 2 atom stereocenters. The van der Waals surface area contributed by atoms with Gasteiger partial charge in [-0.3, -0.25) is 14.9 Å². The maximum Gasteiger partial charge on any atom is 0.271 e. The summed E-state index contributed by atoms with van der Waals surface area (Å²) in [5.74, 6) is -0.447. The maximum atomic E-state index is 13.6. The van der Waals surface area contributed by atoms with Crippen molar-refractivity contribution in [2.75, 3.05) is 5.32 Å². The first-order chi connectivity index (χ1) is 14.2. The lowest BCUT2D eigenvalue weighted by atomic mass is 9.67.